The summed E-state index contributed by atoms with van der Waals surface area (Å²) >= 11 is 0. The summed E-state index contributed by atoms with van der Waals surface area (Å²) in [7, 11) is 1.39. The first kappa shape index (κ1) is 18.8. The number of hydrogen-bond acceptors (Lipinski definition) is 5. The highest BCUT2D eigenvalue weighted by Crippen LogP contribution is 2.30. The first-order valence-corrected chi connectivity index (χ1v) is 7.42. The monoisotopic (exact) mass is 352 g/mol. The van der Waals surface area contributed by atoms with Crippen molar-refractivity contribution in [3.8, 4) is 5.75 Å². The van der Waals surface area contributed by atoms with Crippen molar-refractivity contribution in [1.82, 2.24) is 10.3 Å². The van der Waals surface area contributed by atoms with E-state index in [9.17, 15) is 23.8 Å². The normalized spacial score (nSPS) is 13.8. The van der Waals surface area contributed by atoms with Gasteiger partial charge in [-0.1, -0.05) is 6.07 Å². The molecule has 1 heterocycles. The van der Waals surface area contributed by atoms with Gasteiger partial charge in [-0.2, -0.15) is 8.78 Å². The predicted octanol–water partition coefficient (Wildman–Crippen LogP) is 1.39. The molecule has 1 aromatic heterocycles. The van der Waals surface area contributed by atoms with Gasteiger partial charge >= 0.3 is 5.92 Å². The van der Waals surface area contributed by atoms with Gasteiger partial charge < -0.3 is 20.3 Å². The van der Waals surface area contributed by atoms with Crippen molar-refractivity contribution in [3.63, 3.8) is 0 Å². The molecule has 6 nitrogen and oxygen atoms in total. The van der Waals surface area contributed by atoms with Crippen LogP contribution in [0.5, 0.6) is 5.75 Å². The van der Waals surface area contributed by atoms with E-state index in [1.54, 1.807) is 6.07 Å². The highest BCUT2D eigenvalue weighted by Gasteiger charge is 2.42. The summed E-state index contributed by atoms with van der Waals surface area (Å²) in [4.78, 5) is 15.8. The Labute approximate surface area is 143 Å². The van der Waals surface area contributed by atoms with E-state index in [1.807, 2.05) is 5.32 Å². The fourth-order valence-corrected chi connectivity index (χ4v) is 2.20. The molecule has 0 aliphatic rings. The molecule has 0 radical (unpaired) electrons. The van der Waals surface area contributed by atoms with Gasteiger partial charge in [0.1, 0.15) is 11.9 Å². The second-order valence-corrected chi connectivity index (χ2v) is 5.30. The number of halogens is 2. The summed E-state index contributed by atoms with van der Waals surface area (Å²) in [6, 6.07) is 6.51. The molecule has 134 valence electrons. The Balaban J connectivity index is 2.14. The third-order valence-corrected chi connectivity index (χ3v) is 3.66. The number of rotatable bonds is 7. The molecular weight excluding hydrogens is 334 g/mol. The van der Waals surface area contributed by atoms with Crippen molar-refractivity contribution in [1.29, 1.82) is 0 Å². The Morgan fingerprint density at radius 2 is 2.00 bits per heavy atom. The van der Waals surface area contributed by atoms with Gasteiger partial charge in [-0.3, -0.25) is 9.78 Å². The zero-order valence-corrected chi connectivity index (χ0v) is 13.4. The van der Waals surface area contributed by atoms with E-state index < -0.39 is 36.1 Å². The molecule has 0 spiro atoms. The number of aliphatic hydroxyl groups excluding tert-OH is 2. The fourth-order valence-electron chi connectivity index (χ4n) is 2.20. The smallest absolute Gasteiger partial charge is 0.349 e. The van der Waals surface area contributed by atoms with Crippen LogP contribution >= 0.6 is 0 Å². The number of hydrogen-bond donors (Lipinski definition) is 3. The van der Waals surface area contributed by atoms with Gasteiger partial charge in [0.15, 0.2) is 0 Å². The molecule has 3 N–H and O–H groups in total. The number of methoxy groups -OCH3 is 1. The quantitative estimate of drug-likeness (QED) is 0.700. The minimum atomic E-state index is -3.84. The number of carbonyl (C=O) groups excluding carboxylic acids is 1. The minimum absolute atomic E-state index is 0.287. The van der Waals surface area contributed by atoms with Gasteiger partial charge in [-0.25, -0.2) is 0 Å². The van der Waals surface area contributed by atoms with E-state index in [4.69, 9.17) is 4.74 Å². The summed E-state index contributed by atoms with van der Waals surface area (Å²) in [6.07, 6.45) is 1.41. The Morgan fingerprint density at radius 3 is 2.52 bits per heavy atom. The van der Waals surface area contributed by atoms with E-state index in [0.717, 1.165) is 12.1 Å². The number of ether oxygens (including phenoxy) is 1. The topological polar surface area (TPSA) is 91.7 Å². The van der Waals surface area contributed by atoms with Gasteiger partial charge in [-0.05, 0) is 30.3 Å². The number of benzene rings is 1. The molecule has 0 aliphatic carbocycles. The van der Waals surface area contributed by atoms with Crippen LogP contribution in [-0.4, -0.2) is 40.9 Å². The molecule has 0 aliphatic heterocycles. The van der Waals surface area contributed by atoms with Gasteiger partial charge in [0, 0.05) is 23.5 Å². The second-order valence-electron chi connectivity index (χ2n) is 5.30. The lowest BCUT2D eigenvalue weighted by atomic mass is 10.0. The Bertz CT molecular complexity index is 696. The first-order valence-electron chi connectivity index (χ1n) is 7.42. The molecule has 2 unspecified atom stereocenters. The summed E-state index contributed by atoms with van der Waals surface area (Å²) < 4.78 is 33.5. The average molecular weight is 352 g/mol. The SMILES string of the molecule is COc1ccc(C(F)(F)C(=O)NC(CO)C(O)c2cccnc2)cc1. The van der Waals surface area contributed by atoms with Crippen LogP contribution in [0.2, 0.25) is 0 Å². The molecule has 0 bridgehead atoms. The third kappa shape index (κ3) is 4.28. The number of aromatic nitrogens is 1. The van der Waals surface area contributed by atoms with Crippen LogP contribution in [-0.2, 0) is 10.7 Å². The molecule has 0 fully saturated rings. The zero-order chi connectivity index (χ0) is 18.4. The van der Waals surface area contributed by atoms with E-state index >= 15 is 0 Å². The van der Waals surface area contributed by atoms with Crippen LogP contribution in [0.1, 0.15) is 17.2 Å². The van der Waals surface area contributed by atoms with Crippen LogP contribution in [0.25, 0.3) is 0 Å². The van der Waals surface area contributed by atoms with Crippen LogP contribution in [0.4, 0.5) is 8.78 Å². The van der Waals surface area contributed by atoms with Crippen LogP contribution in [0.15, 0.2) is 48.8 Å². The van der Waals surface area contributed by atoms with Crippen molar-refractivity contribution >= 4 is 5.91 Å². The van der Waals surface area contributed by atoms with Gasteiger partial charge in [0.25, 0.3) is 5.91 Å². The maximum Gasteiger partial charge on any atom is 0.349 e. The number of nitrogens with zero attached hydrogens (tertiary/aromatic N) is 1. The van der Waals surface area contributed by atoms with Gasteiger partial charge in [0.05, 0.1) is 19.8 Å². The molecule has 2 atom stereocenters. The van der Waals surface area contributed by atoms with Crippen molar-refractivity contribution in [2.75, 3.05) is 13.7 Å². The Kier molecular flexibility index (Phi) is 6.00. The molecular formula is C17H18F2N2O4. The molecule has 2 aromatic rings. The number of pyridine rings is 1. The van der Waals surface area contributed by atoms with Gasteiger partial charge in [-0.15, -0.1) is 0 Å². The second kappa shape index (κ2) is 8.00. The Hall–Kier alpha value is -2.58. The number of carbonyl (C=O) groups is 1. The summed E-state index contributed by atoms with van der Waals surface area (Å²) in [5.41, 5.74) is -0.243. The van der Waals surface area contributed by atoms with Crippen LogP contribution in [0, 0.1) is 0 Å². The summed E-state index contributed by atoms with van der Waals surface area (Å²) in [6.45, 7) is -0.722. The van der Waals surface area contributed by atoms with E-state index in [-0.39, 0.29) is 5.56 Å². The lowest BCUT2D eigenvalue weighted by Crippen LogP contribution is -2.48. The zero-order valence-electron chi connectivity index (χ0n) is 13.4. The molecule has 1 aromatic carbocycles. The molecule has 0 saturated carbocycles. The largest absolute Gasteiger partial charge is 0.497 e. The number of alkyl halides is 2. The molecule has 0 saturated heterocycles. The van der Waals surface area contributed by atoms with Crippen LogP contribution in [0.3, 0.4) is 0 Å². The lowest BCUT2D eigenvalue weighted by Gasteiger charge is -2.25. The van der Waals surface area contributed by atoms with E-state index in [2.05, 4.69) is 4.98 Å². The van der Waals surface area contributed by atoms with Crippen molar-refractivity contribution in [2.45, 2.75) is 18.1 Å². The Morgan fingerprint density at radius 1 is 1.32 bits per heavy atom. The number of amides is 1. The van der Waals surface area contributed by atoms with Gasteiger partial charge in [0.2, 0.25) is 0 Å². The van der Waals surface area contributed by atoms with Crippen LogP contribution < -0.4 is 10.1 Å². The molecule has 1 amide bonds. The summed E-state index contributed by atoms with van der Waals surface area (Å²) in [5.74, 6) is -5.09. The van der Waals surface area contributed by atoms with Crippen molar-refractivity contribution in [3.05, 3.63) is 59.9 Å². The number of aliphatic hydroxyl groups is 2. The highest BCUT2D eigenvalue weighted by atomic mass is 19.3. The van der Waals surface area contributed by atoms with E-state index in [0.29, 0.717) is 5.75 Å². The highest BCUT2D eigenvalue weighted by molar-refractivity contribution is 5.85. The molecule has 8 heteroatoms. The predicted molar refractivity (Wildman–Crippen MR) is 85.1 cm³/mol. The third-order valence-electron chi connectivity index (χ3n) is 3.66. The average Bonchev–Trinajstić information content (AvgIpc) is 2.66. The molecule has 25 heavy (non-hydrogen) atoms. The fraction of sp³-hybridized carbons (Fsp3) is 0.294. The summed E-state index contributed by atoms with van der Waals surface area (Å²) in [5, 5.41) is 21.5. The minimum Gasteiger partial charge on any atom is -0.497 e. The molecule has 2 rings (SSSR count). The van der Waals surface area contributed by atoms with Crippen molar-refractivity contribution < 1.29 is 28.5 Å². The van der Waals surface area contributed by atoms with Crippen molar-refractivity contribution in [2.24, 2.45) is 0 Å². The standard InChI is InChI=1S/C17H18F2N2O4/c1-25-13-6-4-12(5-7-13)17(18,19)16(24)21-14(10-22)15(23)11-3-2-8-20-9-11/h2-9,14-15,22-23H,10H2,1H3,(H,21,24). The van der Waals surface area contributed by atoms with E-state index in [1.165, 1.54) is 37.7 Å². The maximum absolute atomic E-state index is 14.3. The number of nitrogens with one attached hydrogen (secondary N) is 1. The maximum atomic E-state index is 14.3. The lowest BCUT2D eigenvalue weighted by molar-refractivity contribution is -0.149. The first-order chi connectivity index (χ1) is 11.9.